The lowest BCUT2D eigenvalue weighted by molar-refractivity contribution is -0.928. The van der Waals surface area contributed by atoms with Crippen molar-refractivity contribution in [2.45, 2.75) is 32.4 Å². The van der Waals surface area contributed by atoms with E-state index in [1.807, 2.05) is 20.8 Å². The molecule has 2 rings (SSSR count). The molecule has 1 aliphatic heterocycles. The second-order valence-electron chi connectivity index (χ2n) is 7.52. The topological polar surface area (TPSA) is 92.6 Å². The number of rotatable bonds is 5. The Labute approximate surface area is 159 Å². The Morgan fingerprint density at radius 3 is 2.00 bits per heavy atom. The number of methoxy groups -OCH3 is 2. The Morgan fingerprint density at radius 2 is 1.59 bits per heavy atom. The minimum absolute atomic E-state index is 0.380. The van der Waals surface area contributed by atoms with E-state index < -0.39 is 17.6 Å². The zero-order valence-electron chi connectivity index (χ0n) is 16.5. The first-order valence-corrected chi connectivity index (χ1v) is 8.91. The average Bonchev–Trinajstić information content (AvgIpc) is 2.60. The van der Waals surface area contributed by atoms with E-state index in [4.69, 9.17) is 14.2 Å². The molecule has 1 heterocycles. The van der Waals surface area contributed by atoms with Crippen LogP contribution in [0.15, 0.2) is 18.2 Å². The Bertz CT molecular complexity index is 655. The van der Waals surface area contributed by atoms with Crippen molar-refractivity contribution in [1.82, 2.24) is 4.90 Å². The molecule has 8 heteroatoms. The minimum atomic E-state index is -1.17. The Balaban J connectivity index is 2.14. The van der Waals surface area contributed by atoms with Gasteiger partial charge in [0.15, 0.2) is 6.04 Å². The molecule has 1 aromatic carbocycles. The average molecular weight is 380 g/mol. The lowest BCUT2D eigenvalue weighted by Crippen LogP contribution is -3.16. The van der Waals surface area contributed by atoms with Gasteiger partial charge in [0.2, 0.25) is 0 Å². The highest BCUT2D eigenvalue weighted by atomic mass is 16.6. The van der Waals surface area contributed by atoms with E-state index in [9.17, 15) is 14.7 Å². The second-order valence-corrected chi connectivity index (χ2v) is 7.52. The number of nitrogens with zero attached hydrogens (tertiary/aromatic N) is 1. The molecule has 0 aliphatic carbocycles. The van der Waals surface area contributed by atoms with Crippen LogP contribution in [0.1, 0.15) is 32.4 Å². The molecule has 1 N–H and O–H groups in total. The van der Waals surface area contributed by atoms with Gasteiger partial charge in [0, 0.05) is 11.6 Å². The number of carboxylic acids is 1. The fourth-order valence-electron chi connectivity index (χ4n) is 3.13. The van der Waals surface area contributed by atoms with Crippen molar-refractivity contribution < 1.29 is 33.8 Å². The normalized spacial score (nSPS) is 16.6. The minimum Gasteiger partial charge on any atom is -0.544 e. The molecule has 150 valence electrons. The second kappa shape index (κ2) is 8.47. The van der Waals surface area contributed by atoms with Crippen LogP contribution in [0.2, 0.25) is 0 Å². The van der Waals surface area contributed by atoms with Gasteiger partial charge in [-0.15, -0.1) is 0 Å². The SMILES string of the molecule is COc1cc(OC)cc([C@@H](C(=O)[O-])[NH+]2CCN(C(=O)OC(C)(C)C)CC2)c1. The number of nitrogens with one attached hydrogen (secondary N) is 1. The zero-order chi connectivity index (χ0) is 20.2. The van der Waals surface area contributed by atoms with E-state index in [1.54, 1.807) is 23.1 Å². The lowest BCUT2D eigenvalue weighted by atomic mass is 10.0. The van der Waals surface area contributed by atoms with Crippen LogP contribution >= 0.6 is 0 Å². The summed E-state index contributed by atoms with van der Waals surface area (Å²) in [5, 5.41) is 11.9. The largest absolute Gasteiger partial charge is 0.544 e. The van der Waals surface area contributed by atoms with E-state index in [0.717, 1.165) is 4.90 Å². The van der Waals surface area contributed by atoms with Crippen LogP contribution in [0, 0.1) is 0 Å². The Morgan fingerprint density at radius 1 is 1.07 bits per heavy atom. The van der Waals surface area contributed by atoms with E-state index >= 15 is 0 Å². The van der Waals surface area contributed by atoms with Crippen molar-refractivity contribution in [3.8, 4) is 11.5 Å². The van der Waals surface area contributed by atoms with Gasteiger partial charge >= 0.3 is 6.09 Å². The van der Waals surface area contributed by atoms with Gasteiger partial charge in [0.1, 0.15) is 23.1 Å². The van der Waals surface area contributed by atoms with Gasteiger partial charge in [-0.3, -0.25) is 4.90 Å². The molecule has 8 nitrogen and oxygen atoms in total. The summed E-state index contributed by atoms with van der Waals surface area (Å²) in [7, 11) is 3.03. The van der Waals surface area contributed by atoms with Gasteiger partial charge in [-0.25, -0.2) is 4.79 Å². The van der Waals surface area contributed by atoms with Crippen LogP contribution in [-0.2, 0) is 9.53 Å². The van der Waals surface area contributed by atoms with Crippen molar-refractivity contribution in [2.75, 3.05) is 40.4 Å². The number of hydrogen-bond donors (Lipinski definition) is 1. The van der Waals surface area contributed by atoms with Gasteiger partial charge in [0.25, 0.3) is 0 Å². The number of carboxylic acid groups (broad SMARTS) is 1. The number of carbonyl (C=O) groups is 2. The van der Waals surface area contributed by atoms with Crippen LogP contribution in [-0.4, -0.2) is 63.0 Å². The number of carbonyl (C=O) groups excluding carboxylic acids is 2. The quantitative estimate of drug-likeness (QED) is 0.749. The standard InChI is InChI=1S/C19H28N2O6/c1-19(2,3)27-18(24)21-8-6-20(7-9-21)16(17(22)23)13-10-14(25-4)12-15(11-13)26-5/h10-12,16H,6-9H2,1-5H3,(H,22,23)/t16-/m0/s1. The van der Waals surface area contributed by atoms with E-state index in [-0.39, 0.29) is 6.09 Å². The molecule has 1 amide bonds. The van der Waals surface area contributed by atoms with Crippen molar-refractivity contribution in [3.05, 3.63) is 23.8 Å². The molecule has 0 saturated carbocycles. The number of ether oxygens (including phenoxy) is 3. The van der Waals surface area contributed by atoms with Gasteiger partial charge in [-0.2, -0.15) is 0 Å². The number of benzene rings is 1. The first-order valence-electron chi connectivity index (χ1n) is 8.91. The fraction of sp³-hybridized carbons (Fsp3) is 0.579. The molecule has 0 unspecified atom stereocenters. The molecule has 1 fully saturated rings. The summed E-state index contributed by atoms with van der Waals surface area (Å²) >= 11 is 0. The summed E-state index contributed by atoms with van der Waals surface area (Å²) in [5.74, 6) is -0.143. The summed E-state index contributed by atoms with van der Waals surface area (Å²) in [6.07, 6.45) is -0.380. The fourth-order valence-corrected chi connectivity index (χ4v) is 3.13. The van der Waals surface area contributed by atoms with Crippen LogP contribution in [0.4, 0.5) is 4.79 Å². The summed E-state index contributed by atoms with van der Waals surface area (Å²) in [6, 6.07) is 4.16. The van der Waals surface area contributed by atoms with E-state index in [0.29, 0.717) is 43.2 Å². The molecule has 0 aromatic heterocycles. The zero-order valence-corrected chi connectivity index (χ0v) is 16.5. The molecule has 0 radical (unpaired) electrons. The van der Waals surface area contributed by atoms with Crippen LogP contribution < -0.4 is 19.5 Å². The third kappa shape index (κ3) is 5.50. The Kier molecular flexibility index (Phi) is 6.54. The first kappa shape index (κ1) is 20.8. The predicted octanol–water partition coefficient (Wildman–Crippen LogP) is -0.370. The maximum absolute atomic E-state index is 12.2. The summed E-state index contributed by atoms with van der Waals surface area (Å²) < 4.78 is 15.9. The first-order chi connectivity index (χ1) is 12.6. The highest BCUT2D eigenvalue weighted by Gasteiger charge is 2.33. The maximum Gasteiger partial charge on any atom is 0.410 e. The number of hydrogen-bond acceptors (Lipinski definition) is 6. The van der Waals surface area contributed by atoms with Crippen LogP contribution in [0.3, 0.4) is 0 Å². The highest BCUT2D eigenvalue weighted by Crippen LogP contribution is 2.25. The van der Waals surface area contributed by atoms with Gasteiger partial charge in [-0.1, -0.05) is 0 Å². The van der Waals surface area contributed by atoms with Crippen molar-refractivity contribution in [3.63, 3.8) is 0 Å². The molecule has 1 saturated heterocycles. The van der Waals surface area contributed by atoms with E-state index in [2.05, 4.69) is 0 Å². The molecule has 27 heavy (non-hydrogen) atoms. The molecular weight excluding hydrogens is 352 g/mol. The number of piperazine rings is 1. The number of amides is 1. The number of aliphatic carboxylic acids is 1. The van der Waals surface area contributed by atoms with Gasteiger partial charge in [0.05, 0.1) is 40.4 Å². The lowest BCUT2D eigenvalue weighted by Gasteiger charge is -2.37. The smallest absolute Gasteiger partial charge is 0.410 e. The third-order valence-corrected chi connectivity index (χ3v) is 4.41. The van der Waals surface area contributed by atoms with Gasteiger partial charge in [-0.05, 0) is 32.9 Å². The van der Waals surface area contributed by atoms with Crippen molar-refractivity contribution in [2.24, 2.45) is 0 Å². The molecular formula is C19H28N2O6. The van der Waals surface area contributed by atoms with Crippen molar-refractivity contribution in [1.29, 1.82) is 0 Å². The summed E-state index contributed by atoms with van der Waals surface area (Å²) in [6.45, 7) is 7.21. The predicted molar refractivity (Wildman–Crippen MR) is 95.8 cm³/mol. The third-order valence-electron chi connectivity index (χ3n) is 4.41. The van der Waals surface area contributed by atoms with Crippen molar-refractivity contribution >= 4 is 12.1 Å². The molecule has 0 spiro atoms. The molecule has 1 atom stereocenters. The Hall–Kier alpha value is -2.48. The van der Waals surface area contributed by atoms with Crippen LogP contribution in [0.5, 0.6) is 11.5 Å². The molecule has 1 aliphatic rings. The molecule has 0 bridgehead atoms. The number of quaternary nitrogens is 1. The monoisotopic (exact) mass is 380 g/mol. The molecule has 1 aromatic rings. The maximum atomic E-state index is 12.2. The van der Waals surface area contributed by atoms with Gasteiger partial charge < -0.3 is 29.0 Å². The van der Waals surface area contributed by atoms with E-state index in [1.165, 1.54) is 14.2 Å². The summed E-state index contributed by atoms with van der Waals surface area (Å²) in [4.78, 5) is 26.5. The van der Waals surface area contributed by atoms with Crippen LogP contribution in [0.25, 0.3) is 0 Å². The highest BCUT2D eigenvalue weighted by molar-refractivity contribution is 5.72. The summed E-state index contributed by atoms with van der Waals surface area (Å²) in [5.41, 5.74) is -0.0157.